The molecular weight excluding hydrogens is 290 g/mol. The maximum Gasteiger partial charge on any atom is 0.324 e. The van der Waals surface area contributed by atoms with Crippen molar-refractivity contribution >= 4 is 17.6 Å². The van der Waals surface area contributed by atoms with Crippen LogP contribution in [-0.4, -0.2) is 42.5 Å². The number of piperidine rings is 1. The smallest absolute Gasteiger partial charge is 0.324 e. The SMILES string of the molecule is CCCC(=O)N[C@H]1CCCN(C(=O)N2CCc3ccccc32)C1. The largest absolute Gasteiger partial charge is 0.352 e. The fraction of sp³-hybridized carbons (Fsp3) is 0.556. The minimum Gasteiger partial charge on any atom is -0.352 e. The summed E-state index contributed by atoms with van der Waals surface area (Å²) in [6.07, 6.45) is 4.23. The standard InChI is InChI=1S/C18H25N3O2/c1-2-6-17(22)19-15-8-5-11-20(13-15)18(23)21-12-10-14-7-3-4-9-16(14)21/h3-4,7,9,15H,2,5-6,8,10-13H2,1H3,(H,19,22)/t15-/m0/s1. The predicted octanol–water partition coefficient (Wildman–Crippen LogP) is 2.55. The zero-order valence-electron chi connectivity index (χ0n) is 13.8. The van der Waals surface area contributed by atoms with Crippen LogP contribution >= 0.6 is 0 Å². The van der Waals surface area contributed by atoms with Crippen molar-refractivity contribution in [1.29, 1.82) is 0 Å². The zero-order valence-corrected chi connectivity index (χ0v) is 13.8. The van der Waals surface area contributed by atoms with Gasteiger partial charge in [-0.05, 0) is 37.3 Å². The summed E-state index contributed by atoms with van der Waals surface area (Å²) in [5.41, 5.74) is 2.28. The Labute approximate surface area is 137 Å². The topological polar surface area (TPSA) is 52.7 Å². The quantitative estimate of drug-likeness (QED) is 0.932. The number of hydrogen-bond donors (Lipinski definition) is 1. The van der Waals surface area contributed by atoms with Gasteiger partial charge < -0.3 is 10.2 Å². The van der Waals surface area contributed by atoms with E-state index in [9.17, 15) is 9.59 Å². The van der Waals surface area contributed by atoms with Crippen LogP contribution in [-0.2, 0) is 11.2 Å². The Bertz CT molecular complexity index is 587. The number of para-hydroxylation sites is 1. The van der Waals surface area contributed by atoms with E-state index < -0.39 is 0 Å². The molecule has 0 unspecified atom stereocenters. The number of rotatable bonds is 3. The first-order valence-electron chi connectivity index (χ1n) is 8.62. The summed E-state index contributed by atoms with van der Waals surface area (Å²) in [7, 11) is 0. The van der Waals surface area contributed by atoms with E-state index in [0.717, 1.165) is 44.5 Å². The predicted molar refractivity (Wildman–Crippen MR) is 90.5 cm³/mol. The molecule has 0 spiro atoms. The van der Waals surface area contributed by atoms with Crippen LogP contribution in [0.1, 0.15) is 38.2 Å². The van der Waals surface area contributed by atoms with Crippen LogP contribution in [0.3, 0.4) is 0 Å². The van der Waals surface area contributed by atoms with Crippen LogP contribution in [0.4, 0.5) is 10.5 Å². The molecule has 23 heavy (non-hydrogen) atoms. The van der Waals surface area contributed by atoms with Crippen LogP contribution in [0.5, 0.6) is 0 Å². The number of fused-ring (bicyclic) bond motifs is 1. The molecule has 5 heteroatoms. The molecule has 3 rings (SSSR count). The highest BCUT2D eigenvalue weighted by atomic mass is 16.2. The summed E-state index contributed by atoms with van der Waals surface area (Å²) < 4.78 is 0. The van der Waals surface area contributed by atoms with Crippen LogP contribution in [0, 0.1) is 0 Å². The summed E-state index contributed by atoms with van der Waals surface area (Å²) >= 11 is 0. The van der Waals surface area contributed by atoms with E-state index in [1.54, 1.807) is 0 Å². The highest BCUT2D eigenvalue weighted by Gasteiger charge is 2.31. The number of carbonyl (C=O) groups is 2. The van der Waals surface area contributed by atoms with Gasteiger partial charge in [-0.3, -0.25) is 9.69 Å². The van der Waals surface area contributed by atoms with Gasteiger partial charge in [0.25, 0.3) is 0 Å². The van der Waals surface area contributed by atoms with Crippen molar-refractivity contribution in [3.05, 3.63) is 29.8 Å². The Hall–Kier alpha value is -2.04. The van der Waals surface area contributed by atoms with E-state index in [2.05, 4.69) is 11.4 Å². The zero-order chi connectivity index (χ0) is 16.2. The number of urea groups is 1. The van der Waals surface area contributed by atoms with Crippen LogP contribution in [0.25, 0.3) is 0 Å². The second kappa shape index (κ2) is 7.02. The van der Waals surface area contributed by atoms with Crippen LogP contribution in [0.2, 0.25) is 0 Å². The maximum atomic E-state index is 12.9. The summed E-state index contributed by atoms with van der Waals surface area (Å²) in [6.45, 7) is 4.15. The molecule has 1 aromatic carbocycles. The molecule has 124 valence electrons. The Balaban J connectivity index is 1.63. The molecule has 0 aromatic heterocycles. The lowest BCUT2D eigenvalue weighted by Gasteiger charge is -2.35. The molecule has 1 fully saturated rings. The van der Waals surface area contributed by atoms with Crippen molar-refractivity contribution in [3.63, 3.8) is 0 Å². The molecule has 0 saturated carbocycles. The molecule has 2 aliphatic rings. The number of amides is 3. The van der Waals surface area contributed by atoms with E-state index in [4.69, 9.17) is 0 Å². The first kappa shape index (κ1) is 15.8. The van der Waals surface area contributed by atoms with E-state index in [0.29, 0.717) is 13.0 Å². The molecule has 0 radical (unpaired) electrons. The molecule has 2 heterocycles. The van der Waals surface area contributed by atoms with Gasteiger partial charge in [-0.1, -0.05) is 25.1 Å². The fourth-order valence-electron chi connectivity index (χ4n) is 3.50. The molecule has 1 aromatic rings. The van der Waals surface area contributed by atoms with E-state index in [1.165, 1.54) is 5.56 Å². The summed E-state index contributed by atoms with van der Waals surface area (Å²) in [5.74, 6) is 0.0957. The Kier molecular flexibility index (Phi) is 4.84. The average molecular weight is 315 g/mol. The molecular formula is C18H25N3O2. The van der Waals surface area contributed by atoms with Gasteiger partial charge in [-0.2, -0.15) is 0 Å². The monoisotopic (exact) mass is 315 g/mol. The Morgan fingerprint density at radius 2 is 2.09 bits per heavy atom. The van der Waals surface area contributed by atoms with Gasteiger partial charge in [0.1, 0.15) is 0 Å². The molecule has 1 atom stereocenters. The van der Waals surface area contributed by atoms with Crippen LogP contribution < -0.4 is 10.2 Å². The van der Waals surface area contributed by atoms with Crippen molar-refractivity contribution in [1.82, 2.24) is 10.2 Å². The Morgan fingerprint density at radius 3 is 2.91 bits per heavy atom. The normalized spacial score (nSPS) is 20.3. The lowest BCUT2D eigenvalue weighted by molar-refractivity contribution is -0.122. The number of nitrogens with zero attached hydrogens (tertiary/aromatic N) is 2. The number of benzene rings is 1. The minimum absolute atomic E-state index is 0.0735. The summed E-state index contributed by atoms with van der Waals surface area (Å²) in [4.78, 5) is 28.4. The number of likely N-dealkylation sites (tertiary alicyclic amines) is 1. The second-order valence-corrected chi connectivity index (χ2v) is 6.42. The minimum atomic E-state index is 0.0735. The number of hydrogen-bond acceptors (Lipinski definition) is 2. The first-order valence-corrected chi connectivity index (χ1v) is 8.62. The van der Waals surface area contributed by atoms with Gasteiger partial charge in [0.05, 0.1) is 0 Å². The van der Waals surface area contributed by atoms with Crippen molar-refractivity contribution in [2.45, 2.75) is 45.1 Å². The lowest BCUT2D eigenvalue weighted by atomic mass is 10.1. The van der Waals surface area contributed by atoms with Gasteiger partial charge in [0.2, 0.25) is 5.91 Å². The van der Waals surface area contributed by atoms with E-state index in [1.807, 2.05) is 34.9 Å². The van der Waals surface area contributed by atoms with Crippen molar-refractivity contribution in [3.8, 4) is 0 Å². The third-order valence-corrected chi connectivity index (χ3v) is 4.65. The molecule has 3 amide bonds. The molecule has 1 N–H and O–H groups in total. The van der Waals surface area contributed by atoms with Gasteiger partial charge in [-0.15, -0.1) is 0 Å². The fourth-order valence-corrected chi connectivity index (χ4v) is 3.50. The average Bonchev–Trinajstić information content (AvgIpc) is 2.98. The van der Waals surface area contributed by atoms with E-state index in [-0.39, 0.29) is 18.0 Å². The summed E-state index contributed by atoms with van der Waals surface area (Å²) in [5, 5.41) is 3.06. The third-order valence-electron chi connectivity index (χ3n) is 4.65. The summed E-state index contributed by atoms with van der Waals surface area (Å²) in [6, 6.07) is 8.27. The molecule has 0 bridgehead atoms. The number of anilines is 1. The highest BCUT2D eigenvalue weighted by molar-refractivity contribution is 5.94. The number of carbonyl (C=O) groups excluding carboxylic acids is 2. The van der Waals surface area contributed by atoms with E-state index >= 15 is 0 Å². The maximum absolute atomic E-state index is 12.9. The second-order valence-electron chi connectivity index (χ2n) is 6.42. The van der Waals surface area contributed by atoms with Gasteiger partial charge in [0, 0.05) is 37.8 Å². The lowest BCUT2D eigenvalue weighted by Crippen LogP contribution is -2.53. The Morgan fingerprint density at radius 1 is 1.26 bits per heavy atom. The number of nitrogens with one attached hydrogen (secondary N) is 1. The van der Waals surface area contributed by atoms with Crippen LogP contribution in [0.15, 0.2) is 24.3 Å². The third kappa shape index (κ3) is 3.49. The van der Waals surface area contributed by atoms with Crippen molar-refractivity contribution in [2.75, 3.05) is 24.5 Å². The molecule has 0 aliphatic carbocycles. The van der Waals surface area contributed by atoms with Crippen molar-refractivity contribution in [2.24, 2.45) is 0 Å². The molecule has 5 nitrogen and oxygen atoms in total. The first-order chi connectivity index (χ1) is 11.2. The highest BCUT2D eigenvalue weighted by Crippen LogP contribution is 2.29. The molecule has 2 aliphatic heterocycles. The van der Waals surface area contributed by atoms with Gasteiger partial charge in [0.15, 0.2) is 0 Å². The van der Waals surface area contributed by atoms with Gasteiger partial charge >= 0.3 is 6.03 Å². The molecule has 1 saturated heterocycles. The van der Waals surface area contributed by atoms with Gasteiger partial charge in [-0.25, -0.2) is 4.79 Å². The van der Waals surface area contributed by atoms with Crippen molar-refractivity contribution < 1.29 is 9.59 Å².